The Morgan fingerprint density at radius 1 is 1.04 bits per heavy atom. The highest BCUT2D eigenvalue weighted by Crippen LogP contribution is 2.42. The molecule has 5 rings (SSSR count). The fourth-order valence-corrected chi connectivity index (χ4v) is 6.14. The van der Waals surface area contributed by atoms with E-state index in [0.717, 1.165) is 73.1 Å². The van der Waals surface area contributed by atoms with Crippen LogP contribution in [0.4, 0.5) is 0 Å². The van der Waals surface area contributed by atoms with Gasteiger partial charge in [0.1, 0.15) is 5.75 Å². The first kappa shape index (κ1) is 32.0. The first-order chi connectivity index (χ1) is 21.6. The van der Waals surface area contributed by atoms with E-state index in [9.17, 15) is 9.59 Å². The van der Waals surface area contributed by atoms with Crippen LogP contribution in [0.1, 0.15) is 69.5 Å². The van der Waals surface area contributed by atoms with Gasteiger partial charge in [0, 0.05) is 41.5 Å². The van der Waals surface area contributed by atoms with Crippen molar-refractivity contribution in [2.75, 3.05) is 13.2 Å². The highest BCUT2D eigenvalue weighted by Gasteiger charge is 2.29. The zero-order valence-corrected chi connectivity index (χ0v) is 27.5. The molecular weight excluding hydrogens is 588 g/mol. The van der Waals surface area contributed by atoms with Crippen LogP contribution in [0.25, 0.3) is 16.7 Å². The van der Waals surface area contributed by atoms with Gasteiger partial charge in [0.15, 0.2) is 0 Å². The van der Waals surface area contributed by atoms with E-state index in [0.29, 0.717) is 30.7 Å². The minimum absolute atomic E-state index is 0.153. The van der Waals surface area contributed by atoms with Crippen molar-refractivity contribution < 1.29 is 19.1 Å². The number of hydrogen-bond acceptors (Lipinski definition) is 6. The van der Waals surface area contributed by atoms with Crippen molar-refractivity contribution in [2.24, 2.45) is 7.05 Å². The fraction of sp³-hybridized carbons (Fsp3) is 0.333. The van der Waals surface area contributed by atoms with Gasteiger partial charge in [0.2, 0.25) is 5.91 Å². The number of carbonyl (C=O) groups is 2. The van der Waals surface area contributed by atoms with Crippen molar-refractivity contribution in [2.45, 2.75) is 60.4 Å². The van der Waals surface area contributed by atoms with Gasteiger partial charge in [-0.15, -0.1) is 0 Å². The summed E-state index contributed by atoms with van der Waals surface area (Å²) in [5.74, 6) is 0.221. The number of benzene rings is 2. The summed E-state index contributed by atoms with van der Waals surface area (Å²) in [5.41, 5.74) is 11.1. The van der Waals surface area contributed by atoms with Crippen molar-refractivity contribution in [3.63, 3.8) is 0 Å². The Kier molecular flexibility index (Phi) is 9.73. The Balaban J connectivity index is 1.39. The summed E-state index contributed by atoms with van der Waals surface area (Å²) < 4.78 is 13.1. The average Bonchev–Trinajstić information content (AvgIpc) is 3.52. The SMILES string of the molecule is CCOC(=O)c1ccnc(CNC(=O)C2=C(CCCOc3cc(C)c(Cl)c(C)c3)c3cccc(-c4c(C)nn(C)c4C)c3C2)c1. The van der Waals surface area contributed by atoms with Crippen LogP contribution in [0, 0.1) is 27.7 Å². The van der Waals surface area contributed by atoms with Crippen LogP contribution in [0.3, 0.4) is 0 Å². The number of allylic oxidation sites excluding steroid dienone is 1. The lowest BCUT2D eigenvalue weighted by Gasteiger charge is -2.13. The van der Waals surface area contributed by atoms with E-state index in [-0.39, 0.29) is 19.1 Å². The van der Waals surface area contributed by atoms with Gasteiger partial charge in [-0.2, -0.15) is 5.10 Å². The monoisotopic (exact) mass is 626 g/mol. The second-order valence-electron chi connectivity index (χ2n) is 11.4. The van der Waals surface area contributed by atoms with Crippen LogP contribution < -0.4 is 10.1 Å². The molecule has 4 aromatic rings. The number of aromatic nitrogens is 3. The Bertz CT molecular complexity index is 1780. The molecule has 0 radical (unpaired) electrons. The summed E-state index contributed by atoms with van der Waals surface area (Å²) in [6, 6.07) is 13.4. The molecular formula is C36H39ClN4O4. The highest BCUT2D eigenvalue weighted by molar-refractivity contribution is 6.32. The predicted molar refractivity (Wildman–Crippen MR) is 176 cm³/mol. The first-order valence-electron chi connectivity index (χ1n) is 15.2. The quantitative estimate of drug-likeness (QED) is 0.142. The molecule has 0 saturated carbocycles. The summed E-state index contributed by atoms with van der Waals surface area (Å²) in [7, 11) is 1.95. The standard InChI is InChI=1S/C36H39ClN4O4/c1-7-44-36(43)25-13-14-38-26(18-25)20-39-35(42)32-19-31-28(10-8-11-30(31)33-23(4)40-41(6)24(33)5)29(32)12-9-15-45-27-16-21(2)34(37)22(3)17-27/h8,10-11,13-14,16-18H,7,9,12,15,19-20H2,1-6H3,(H,39,42). The third kappa shape index (κ3) is 6.81. The highest BCUT2D eigenvalue weighted by atomic mass is 35.5. The van der Waals surface area contributed by atoms with Gasteiger partial charge in [0.25, 0.3) is 0 Å². The van der Waals surface area contributed by atoms with Crippen molar-refractivity contribution in [3.05, 3.63) is 104 Å². The van der Waals surface area contributed by atoms with Gasteiger partial charge in [-0.25, -0.2) is 4.79 Å². The molecule has 0 atom stereocenters. The molecule has 0 saturated heterocycles. The van der Waals surface area contributed by atoms with Gasteiger partial charge < -0.3 is 14.8 Å². The first-order valence-corrected chi connectivity index (χ1v) is 15.6. The van der Waals surface area contributed by atoms with Crippen molar-refractivity contribution in [1.29, 1.82) is 0 Å². The Hall–Kier alpha value is -4.43. The van der Waals surface area contributed by atoms with E-state index in [1.165, 1.54) is 0 Å². The number of nitrogens with one attached hydrogen (secondary N) is 1. The Labute approximate surface area is 269 Å². The van der Waals surface area contributed by atoms with Crippen LogP contribution >= 0.6 is 11.6 Å². The third-order valence-electron chi connectivity index (χ3n) is 8.28. The summed E-state index contributed by atoms with van der Waals surface area (Å²) in [4.78, 5) is 30.4. The van der Waals surface area contributed by atoms with Crippen LogP contribution in [0.15, 0.2) is 54.2 Å². The van der Waals surface area contributed by atoms with Gasteiger partial charge in [-0.1, -0.05) is 29.8 Å². The van der Waals surface area contributed by atoms with Crippen LogP contribution in [0.2, 0.25) is 5.02 Å². The molecule has 2 aromatic heterocycles. The number of aryl methyl sites for hydroxylation is 4. The lowest BCUT2D eigenvalue weighted by Crippen LogP contribution is -2.25. The number of halogens is 1. The maximum Gasteiger partial charge on any atom is 0.338 e. The molecule has 0 unspecified atom stereocenters. The van der Waals surface area contributed by atoms with Crippen molar-refractivity contribution in [1.82, 2.24) is 20.1 Å². The molecule has 1 N–H and O–H groups in total. The number of carbonyl (C=O) groups excluding carboxylic acids is 2. The minimum Gasteiger partial charge on any atom is -0.494 e. The molecule has 45 heavy (non-hydrogen) atoms. The smallest absolute Gasteiger partial charge is 0.338 e. The molecule has 2 aromatic carbocycles. The van der Waals surface area contributed by atoms with Gasteiger partial charge in [-0.3, -0.25) is 14.5 Å². The van der Waals surface area contributed by atoms with E-state index >= 15 is 0 Å². The number of fused-ring (bicyclic) bond motifs is 1. The molecule has 8 nitrogen and oxygen atoms in total. The van der Waals surface area contributed by atoms with Gasteiger partial charge >= 0.3 is 5.97 Å². The lowest BCUT2D eigenvalue weighted by atomic mass is 9.93. The fourth-order valence-electron chi connectivity index (χ4n) is 6.03. The van der Waals surface area contributed by atoms with E-state index in [2.05, 4.69) is 40.5 Å². The van der Waals surface area contributed by atoms with E-state index in [1.54, 1.807) is 25.3 Å². The second-order valence-corrected chi connectivity index (χ2v) is 11.8. The molecule has 1 aliphatic carbocycles. The van der Waals surface area contributed by atoms with E-state index in [1.807, 2.05) is 44.6 Å². The number of nitrogens with zero attached hydrogens (tertiary/aromatic N) is 3. The largest absolute Gasteiger partial charge is 0.494 e. The molecule has 0 spiro atoms. The summed E-state index contributed by atoms with van der Waals surface area (Å²) in [5, 5.41) is 8.45. The average molecular weight is 627 g/mol. The Morgan fingerprint density at radius 3 is 2.47 bits per heavy atom. The zero-order chi connectivity index (χ0) is 32.2. The molecule has 1 aliphatic rings. The number of esters is 1. The normalized spacial score (nSPS) is 12.3. The molecule has 0 aliphatic heterocycles. The maximum atomic E-state index is 13.8. The molecule has 234 valence electrons. The van der Waals surface area contributed by atoms with Gasteiger partial charge in [-0.05, 0) is 105 Å². The zero-order valence-electron chi connectivity index (χ0n) is 26.7. The van der Waals surface area contributed by atoms with Crippen LogP contribution in [0.5, 0.6) is 5.75 Å². The second kappa shape index (κ2) is 13.7. The summed E-state index contributed by atoms with van der Waals surface area (Å²) >= 11 is 6.34. The number of ether oxygens (including phenoxy) is 2. The molecule has 2 heterocycles. The minimum atomic E-state index is -0.414. The van der Waals surface area contributed by atoms with Gasteiger partial charge in [0.05, 0.1) is 36.7 Å². The molecule has 0 fully saturated rings. The van der Waals surface area contributed by atoms with E-state index in [4.69, 9.17) is 21.1 Å². The Morgan fingerprint density at radius 2 is 1.78 bits per heavy atom. The molecule has 0 bridgehead atoms. The number of rotatable bonds is 11. The molecule has 1 amide bonds. The van der Waals surface area contributed by atoms with E-state index < -0.39 is 5.97 Å². The topological polar surface area (TPSA) is 95.3 Å². The molecule has 9 heteroatoms. The summed E-state index contributed by atoms with van der Waals surface area (Å²) in [6.07, 6.45) is 3.46. The predicted octanol–water partition coefficient (Wildman–Crippen LogP) is 7.03. The number of pyridine rings is 1. The van der Waals surface area contributed by atoms with Crippen molar-refractivity contribution >= 4 is 29.1 Å². The maximum absolute atomic E-state index is 13.8. The summed E-state index contributed by atoms with van der Waals surface area (Å²) in [6.45, 7) is 10.8. The number of amides is 1. The third-order valence-corrected chi connectivity index (χ3v) is 8.88. The lowest BCUT2D eigenvalue weighted by molar-refractivity contribution is -0.117. The van der Waals surface area contributed by atoms with Crippen molar-refractivity contribution in [3.8, 4) is 16.9 Å². The van der Waals surface area contributed by atoms with Crippen LogP contribution in [-0.2, 0) is 29.5 Å². The van der Waals surface area contributed by atoms with Crippen LogP contribution in [-0.4, -0.2) is 39.9 Å². The number of hydrogen-bond donors (Lipinski definition) is 1.